The van der Waals surface area contributed by atoms with Gasteiger partial charge in [-0.05, 0) is 75.5 Å². The van der Waals surface area contributed by atoms with Gasteiger partial charge in [0, 0.05) is 19.0 Å². The molecule has 1 heterocycles. The van der Waals surface area contributed by atoms with Crippen molar-refractivity contribution < 1.29 is 9.59 Å². The number of amides is 2. The summed E-state index contributed by atoms with van der Waals surface area (Å²) in [6.45, 7) is 4.59. The first-order valence-corrected chi connectivity index (χ1v) is 8.96. The van der Waals surface area contributed by atoms with E-state index in [-0.39, 0.29) is 17.9 Å². The van der Waals surface area contributed by atoms with Gasteiger partial charge >= 0.3 is 0 Å². The molecular weight excluding hydrogens is 276 g/mol. The van der Waals surface area contributed by atoms with E-state index in [1.165, 1.54) is 38.5 Å². The highest BCUT2D eigenvalue weighted by molar-refractivity contribution is 5.92. The molecule has 5 rings (SSSR count). The first-order chi connectivity index (χ1) is 10.4. The van der Waals surface area contributed by atoms with Crippen LogP contribution in [0.15, 0.2) is 0 Å². The van der Waals surface area contributed by atoms with Crippen molar-refractivity contribution in [2.45, 2.75) is 64.8 Å². The summed E-state index contributed by atoms with van der Waals surface area (Å²) in [5.41, 5.74) is -0.232. The molecule has 1 saturated heterocycles. The fraction of sp³-hybridized carbons (Fsp3) is 0.889. The van der Waals surface area contributed by atoms with Crippen LogP contribution >= 0.6 is 0 Å². The maximum absolute atomic E-state index is 12.7. The van der Waals surface area contributed by atoms with Crippen LogP contribution in [-0.4, -0.2) is 24.4 Å². The Kier molecular flexibility index (Phi) is 3.11. The molecule has 0 aromatic carbocycles. The van der Waals surface area contributed by atoms with Gasteiger partial charge in [-0.1, -0.05) is 0 Å². The minimum absolute atomic E-state index is 0.0000996. The van der Waals surface area contributed by atoms with Crippen molar-refractivity contribution >= 4 is 11.8 Å². The second-order valence-corrected chi connectivity index (χ2v) is 8.99. The number of carbonyl (C=O) groups excluding carboxylic acids is 2. The molecule has 4 bridgehead atoms. The Labute approximate surface area is 132 Å². The summed E-state index contributed by atoms with van der Waals surface area (Å²) in [6, 6.07) is 0.237. The third-order valence-electron chi connectivity index (χ3n) is 7.13. The summed E-state index contributed by atoms with van der Waals surface area (Å²) in [7, 11) is 0. The highest BCUT2D eigenvalue weighted by atomic mass is 16.2. The van der Waals surface area contributed by atoms with Crippen molar-refractivity contribution in [1.82, 2.24) is 10.6 Å². The van der Waals surface area contributed by atoms with Crippen LogP contribution in [0.3, 0.4) is 0 Å². The Morgan fingerprint density at radius 2 is 1.73 bits per heavy atom. The van der Waals surface area contributed by atoms with Crippen LogP contribution < -0.4 is 10.6 Å². The van der Waals surface area contributed by atoms with E-state index >= 15 is 0 Å². The molecule has 2 unspecified atom stereocenters. The van der Waals surface area contributed by atoms with Crippen molar-refractivity contribution in [1.29, 1.82) is 0 Å². The lowest BCUT2D eigenvalue weighted by atomic mass is 9.48. The molecule has 4 aliphatic carbocycles. The zero-order chi connectivity index (χ0) is 15.5. The molecule has 2 amide bonds. The van der Waals surface area contributed by atoms with Crippen LogP contribution in [0.4, 0.5) is 0 Å². The highest BCUT2D eigenvalue weighted by Gasteiger charge is 2.54. The molecule has 4 heteroatoms. The van der Waals surface area contributed by atoms with Gasteiger partial charge in [-0.3, -0.25) is 9.59 Å². The Morgan fingerprint density at radius 1 is 1.18 bits per heavy atom. The fourth-order valence-corrected chi connectivity index (χ4v) is 6.17. The SMILES string of the molecule is CC(NC(=O)C1(C)CNC(=O)C1)C12CC3CC(CC(C3)C1)C2. The number of hydrogen-bond donors (Lipinski definition) is 2. The van der Waals surface area contributed by atoms with Crippen molar-refractivity contribution in [3.63, 3.8) is 0 Å². The minimum atomic E-state index is -0.562. The molecule has 2 atom stereocenters. The molecule has 2 N–H and O–H groups in total. The average molecular weight is 304 g/mol. The predicted molar refractivity (Wildman–Crippen MR) is 83.9 cm³/mol. The van der Waals surface area contributed by atoms with Gasteiger partial charge < -0.3 is 10.6 Å². The van der Waals surface area contributed by atoms with Gasteiger partial charge in [0.25, 0.3) is 0 Å². The molecule has 0 aromatic rings. The Morgan fingerprint density at radius 3 is 2.18 bits per heavy atom. The van der Waals surface area contributed by atoms with Gasteiger partial charge in [-0.15, -0.1) is 0 Å². The Hall–Kier alpha value is -1.06. The quantitative estimate of drug-likeness (QED) is 0.840. The summed E-state index contributed by atoms with van der Waals surface area (Å²) in [5, 5.41) is 6.11. The van der Waals surface area contributed by atoms with E-state index in [4.69, 9.17) is 0 Å². The van der Waals surface area contributed by atoms with Crippen LogP contribution in [0.25, 0.3) is 0 Å². The van der Waals surface area contributed by atoms with E-state index in [9.17, 15) is 9.59 Å². The number of nitrogens with one attached hydrogen (secondary N) is 2. The minimum Gasteiger partial charge on any atom is -0.355 e. The molecule has 1 aliphatic heterocycles. The van der Waals surface area contributed by atoms with E-state index in [2.05, 4.69) is 17.6 Å². The Balaban J connectivity index is 1.47. The van der Waals surface area contributed by atoms with Crippen LogP contribution in [0.1, 0.15) is 58.8 Å². The van der Waals surface area contributed by atoms with Gasteiger partial charge in [0.1, 0.15) is 0 Å². The van der Waals surface area contributed by atoms with Crippen LogP contribution in [0.5, 0.6) is 0 Å². The molecule has 22 heavy (non-hydrogen) atoms. The van der Waals surface area contributed by atoms with Crippen molar-refractivity contribution in [3.8, 4) is 0 Å². The number of hydrogen-bond acceptors (Lipinski definition) is 2. The molecule has 0 spiro atoms. The predicted octanol–water partition coefficient (Wildman–Crippen LogP) is 2.23. The third kappa shape index (κ3) is 2.17. The molecule has 5 aliphatic rings. The smallest absolute Gasteiger partial charge is 0.228 e. The lowest BCUT2D eigenvalue weighted by Crippen LogP contribution is -2.57. The first kappa shape index (κ1) is 14.5. The lowest BCUT2D eigenvalue weighted by Gasteiger charge is -2.59. The normalized spacial score (nSPS) is 47.4. The zero-order valence-corrected chi connectivity index (χ0v) is 13.8. The van der Waals surface area contributed by atoms with Gasteiger partial charge in [0.2, 0.25) is 11.8 Å². The first-order valence-electron chi connectivity index (χ1n) is 8.96. The summed E-state index contributed by atoms with van der Waals surface area (Å²) in [5.74, 6) is 2.76. The molecule has 0 aromatic heterocycles. The number of rotatable bonds is 3. The van der Waals surface area contributed by atoms with E-state index in [1.54, 1.807) is 0 Å². The zero-order valence-electron chi connectivity index (χ0n) is 13.8. The molecule has 4 saturated carbocycles. The Bertz CT molecular complexity index is 480. The van der Waals surface area contributed by atoms with Crippen molar-refractivity contribution in [3.05, 3.63) is 0 Å². The van der Waals surface area contributed by atoms with Gasteiger partial charge in [-0.2, -0.15) is 0 Å². The van der Waals surface area contributed by atoms with Gasteiger partial charge in [-0.25, -0.2) is 0 Å². The van der Waals surface area contributed by atoms with Crippen LogP contribution in [0, 0.1) is 28.6 Å². The molecule has 5 fully saturated rings. The van der Waals surface area contributed by atoms with E-state index in [0.717, 1.165) is 17.8 Å². The maximum atomic E-state index is 12.7. The van der Waals surface area contributed by atoms with Crippen LogP contribution in [0.2, 0.25) is 0 Å². The fourth-order valence-electron chi connectivity index (χ4n) is 6.17. The second kappa shape index (κ2) is 4.72. The second-order valence-electron chi connectivity index (χ2n) is 8.99. The monoisotopic (exact) mass is 304 g/mol. The van der Waals surface area contributed by atoms with Crippen LogP contribution in [-0.2, 0) is 9.59 Å². The van der Waals surface area contributed by atoms with E-state index < -0.39 is 5.41 Å². The molecule has 122 valence electrons. The van der Waals surface area contributed by atoms with Gasteiger partial charge in [0.05, 0.1) is 5.41 Å². The summed E-state index contributed by atoms with van der Waals surface area (Å²) >= 11 is 0. The van der Waals surface area contributed by atoms with Gasteiger partial charge in [0.15, 0.2) is 0 Å². The molecule has 0 radical (unpaired) electrons. The van der Waals surface area contributed by atoms with E-state index in [1.807, 2.05) is 6.92 Å². The summed E-state index contributed by atoms with van der Waals surface area (Å²) in [6.07, 6.45) is 8.51. The largest absolute Gasteiger partial charge is 0.355 e. The standard InChI is InChI=1S/C18H28N2O2/c1-11(20-16(22)17(2)9-15(21)19-10-17)18-6-12-3-13(7-18)5-14(4-12)8-18/h11-14H,3-10H2,1-2H3,(H,19,21)(H,20,22). The highest BCUT2D eigenvalue weighted by Crippen LogP contribution is 2.61. The molecule has 4 nitrogen and oxygen atoms in total. The third-order valence-corrected chi connectivity index (χ3v) is 7.13. The summed E-state index contributed by atoms with van der Waals surface area (Å²) < 4.78 is 0. The maximum Gasteiger partial charge on any atom is 0.228 e. The topological polar surface area (TPSA) is 58.2 Å². The van der Waals surface area contributed by atoms with Crippen molar-refractivity contribution in [2.75, 3.05) is 6.54 Å². The molecular formula is C18H28N2O2. The average Bonchev–Trinajstić information content (AvgIpc) is 2.78. The van der Waals surface area contributed by atoms with E-state index in [0.29, 0.717) is 18.4 Å². The van der Waals surface area contributed by atoms with Crippen molar-refractivity contribution in [2.24, 2.45) is 28.6 Å². The summed E-state index contributed by atoms with van der Waals surface area (Å²) in [4.78, 5) is 24.2. The lowest BCUT2D eigenvalue weighted by molar-refractivity contribution is -0.135. The number of carbonyl (C=O) groups is 2.